The van der Waals surface area contributed by atoms with Gasteiger partial charge in [0, 0.05) is 18.2 Å². The summed E-state index contributed by atoms with van der Waals surface area (Å²) in [6, 6.07) is 7.64. The molecule has 1 atom stereocenters. The van der Waals surface area contributed by atoms with Gasteiger partial charge in [0.2, 0.25) is 11.7 Å². The van der Waals surface area contributed by atoms with Crippen LogP contribution in [0.1, 0.15) is 25.8 Å². The molecule has 26 heavy (non-hydrogen) atoms. The lowest BCUT2D eigenvalue weighted by Crippen LogP contribution is -2.42. The summed E-state index contributed by atoms with van der Waals surface area (Å²) in [5, 5.41) is 12.2. The normalized spacial score (nSPS) is 18.8. The number of tetrazole rings is 1. The number of amides is 1. The molecule has 0 saturated carbocycles. The van der Waals surface area contributed by atoms with Gasteiger partial charge in [0.15, 0.2) is 9.84 Å². The van der Waals surface area contributed by atoms with Gasteiger partial charge in [-0.3, -0.25) is 4.79 Å². The molecule has 0 unspecified atom stereocenters. The van der Waals surface area contributed by atoms with Crippen molar-refractivity contribution in [2.45, 2.75) is 39.3 Å². The van der Waals surface area contributed by atoms with E-state index in [9.17, 15) is 13.2 Å². The van der Waals surface area contributed by atoms with Crippen LogP contribution in [0.3, 0.4) is 0 Å². The summed E-state index contributed by atoms with van der Waals surface area (Å²) in [7, 11) is -3.04. The van der Waals surface area contributed by atoms with Crippen molar-refractivity contribution < 1.29 is 13.2 Å². The van der Waals surface area contributed by atoms with Gasteiger partial charge in [0.25, 0.3) is 0 Å². The van der Waals surface area contributed by atoms with Crippen LogP contribution in [0.2, 0.25) is 0 Å². The van der Waals surface area contributed by atoms with Gasteiger partial charge >= 0.3 is 0 Å². The summed E-state index contributed by atoms with van der Waals surface area (Å²) in [4.78, 5) is 15.4. The number of hydrogen-bond donors (Lipinski definition) is 0. The second kappa shape index (κ2) is 7.53. The summed E-state index contributed by atoms with van der Waals surface area (Å²) < 4.78 is 23.3. The van der Waals surface area contributed by atoms with E-state index in [2.05, 4.69) is 22.3 Å². The highest BCUT2D eigenvalue weighted by Gasteiger charge is 2.34. The SMILES string of the molecule is CCc1ccc(-c2nnn(CC(=O)N(CC)[C@H]3CCS(=O)(=O)C3)n2)cc1. The number of hydrogen-bond acceptors (Lipinski definition) is 6. The molecule has 1 aromatic heterocycles. The fourth-order valence-electron chi connectivity index (χ4n) is 3.19. The van der Waals surface area contributed by atoms with Crippen LogP contribution in [0.25, 0.3) is 11.4 Å². The number of aromatic nitrogens is 4. The van der Waals surface area contributed by atoms with E-state index in [-0.39, 0.29) is 30.0 Å². The van der Waals surface area contributed by atoms with E-state index in [1.807, 2.05) is 31.2 Å². The fraction of sp³-hybridized carbons (Fsp3) is 0.529. The maximum absolute atomic E-state index is 12.6. The zero-order valence-corrected chi connectivity index (χ0v) is 15.8. The van der Waals surface area contributed by atoms with Crippen LogP contribution < -0.4 is 0 Å². The Labute approximate surface area is 153 Å². The third kappa shape index (κ3) is 4.09. The van der Waals surface area contributed by atoms with Crippen molar-refractivity contribution in [3.8, 4) is 11.4 Å². The molecule has 0 spiro atoms. The molecule has 0 N–H and O–H groups in total. The van der Waals surface area contributed by atoms with Gasteiger partial charge < -0.3 is 4.90 Å². The van der Waals surface area contributed by atoms with Crippen LogP contribution in [0.4, 0.5) is 0 Å². The van der Waals surface area contributed by atoms with Gasteiger partial charge in [0.05, 0.1) is 11.5 Å². The third-order valence-corrected chi connectivity index (χ3v) is 6.41. The minimum Gasteiger partial charge on any atom is -0.337 e. The molecule has 1 amide bonds. The number of nitrogens with zero attached hydrogens (tertiary/aromatic N) is 5. The lowest BCUT2D eigenvalue weighted by atomic mass is 10.1. The predicted molar refractivity (Wildman–Crippen MR) is 97.1 cm³/mol. The van der Waals surface area contributed by atoms with Crippen molar-refractivity contribution in [3.63, 3.8) is 0 Å². The number of sulfone groups is 1. The molecule has 1 aliphatic heterocycles. The molecule has 3 rings (SSSR count). The molecule has 1 saturated heterocycles. The fourth-order valence-corrected chi connectivity index (χ4v) is 4.92. The Kier molecular flexibility index (Phi) is 5.36. The van der Waals surface area contributed by atoms with Crippen LogP contribution in [0.15, 0.2) is 24.3 Å². The molecule has 9 heteroatoms. The minimum absolute atomic E-state index is 0.0341. The van der Waals surface area contributed by atoms with Crippen LogP contribution in [-0.4, -0.2) is 63.5 Å². The Morgan fingerprint density at radius 1 is 1.27 bits per heavy atom. The maximum atomic E-state index is 12.6. The highest BCUT2D eigenvalue weighted by molar-refractivity contribution is 7.91. The molecule has 1 aromatic carbocycles. The summed E-state index contributed by atoms with van der Waals surface area (Å²) in [6.45, 7) is 4.34. The van der Waals surface area contributed by atoms with Crippen molar-refractivity contribution in [3.05, 3.63) is 29.8 Å². The number of rotatable bonds is 6. The Morgan fingerprint density at radius 2 is 2.00 bits per heavy atom. The molecule has 140 valence electrons. The molecule has 0 aliphatic carbocycles. The number of carbonyl (C=O) groups excluding carboxylic acids is 1. The van der Waals surface area contributed by atoms with Crippen molar-refractivity contribution in [1.29, 1.82) is 0 Å². The van der Waals surface area contributed by atoms with Crippen molar-refractivity contribution in [1.82, 2.24) is 25.1 Å². The second-order valence-electron chi connectivity index (χ2n) is 6.43. The summed E-state index contributed by atoms with van der Waals surface area (Å²) in [5.41, 5.74) is 2.07. The average molecular weight is 377 g/mol. The van der Waals surface area contributed by atoms with Gasteiger partial charge in [-0.05, 0) is 30.5 Å². The van der Waals surface area contributed by atoms with E-state index in [1.165, 1.54) is 10.4 Å². The lowest BCUT2D eigenvalue weighted by Gasteiger charge is -2.26. The molecule has 8 nitrogen and oxygen atoms in total. The van der Waals surface area contributed by atoms with Gasteiger partial charge in [0.1, 0.15) is 6.54 Å². The van der Waals surface area contributed by atoms with Crippen molar-refractivity contribution >= 4 is 15.7 Å². The summed E-state index contributed by atoms with van der Waals surface area (Å²) in [5.74, 6) is 0.444. The minimum atomic E-state index is -3.04. The molecule has 0 bridgehead atoms. The lowest BCUT2D eigenvalue weighted by molar-refractivity contribution is -0.133. The van der Waals surface area contributed by atoms with E-state index >= 15 is 0 Å². The van der Waals surface area contributed by atoms with Gasteiger partial charge in [-0.15, -0.1) is 10.2 Å². The van der Waals surface area contributed by atoms with Crippen LogP contribution in [0.5, 0.6) is 0 Å². The zero-order valence-electron chi connectivity index (χ0n) is 15.0. The Bertz CT molecular complexity index is 876. The first-order chi connectivity index (χ1) is 12.4. The molecular formula is C17H23N5O3S. The highest BCUT2D eigenvalue weighted by Crippen LogP contribution is 2.18. The van der Waals surface area contributed by atoms with Crippen molar-refractivity contribution in [2.24, 2.45) is 0 Å². The van der Waals surface area contributed by atoms with Crippen LogP contribution in [-0.2, 0) is 27.6 Å². The first kappa shape index (κ1) is 18.5. The number of aryl methyl sites for hydroxylation is 1. The average Bonchev–Trinajstić information content (AvgIpc) is 3.22. The molecule has 1 aliphatic rings. The third-order valence-electron chi connectivity index (χ3n) is 4.66. The van der Waals surface area contributed by atoms with Gasteiger partial charge in [-0.1, -0.05) is 31.2 Å². The Balaban J connectivity index is 1.68. The maximum Gasteiger partial charge on any atom is 0.246 e. The molecule has 2 aromatic rings. The topological polar surface area (TPSA) is 98.0 Å². The van der Waals surface area contributed by atoms with Gasteiger partial charge in [-0.2, -0.15) is 4.80 Å². The van der Waals surface area contributed by atoms with Gasteiger partial charge in [-0.25, -0.2) is 8.42 Å². The van der Waals surface area contributed by atoms with E-state index < -0.39 is 9.84 Å². The van der Waals surface area contributed by atoms with E-state index in [1.54, 1.807) is 4.90 Å². The first-order valence-electron chi connectivity index (χ1n) is 8.79. The molecular weight excluding hydrogens is 354 g/mol. The number of carbonyl (C=O) groups is 1. The summed E-state index contributed by atoms with van der Waals surface area (Å²) in [6.07, 6.45) is 1.44. The monoisotopic (exact) mass is 377 g/mol. The van der Waals surface area contributed by atoms with E-state index in [4.69, 9.17) is 0 Å². The highest BCUT2D eigenvalue weighted by atomic mass is 32.2. The molecule has 1 fully saturated rings. The zero-order chi connectivity index (χ0) is 18.7. The molecule has 0 radical (unpaired) electrons. The smallest absolute Gasteiger partial charge is 0.246 e. The van der Waals surface area contributed by atoms with Crippen LogP contribution in [0, 0.1) is 0 Å². The van der Waals surface area contributed by atoms with Crippen molar-refractivity contribution in [2.75, 3.05) is 18.1 Å². The second-order valence-corrected chi connectivity index (χ2v) is 8.66. The first-order valence-corrected chi connectivity index (χ1v) is 10.6. The Hall–Kier alpha value is -2.29. The molecule has 2 heterocycles. The predicted octanol–water partition coefficient (Wildman–Crippen LogP) is 0.938. The van der Waals surface area contributed by atoms with E-state index in [0.717, 1.165) is 12.0 Å². The standard InChI is InChI=1S/C17H23N5O3S/c1-3-13-5-7-14(8-6-13)17-18-20-22(19-17)11-16(23)21(4-2)15-9-10-26(24,25)12-15/h5-8,15H,3-4,9-12H2,1-2H3/t15-/m0/s1. The quantitative estimate of drug-likeness (QED) is 0.743. The Morgan fingerprint density at radius 3 is 2.58 bits per heavy atom. The van der Waals surface area contributed by atoms with Crippen LogP contribution >= 0.6 is 0 Å². The number of benzene rings is 1. The largest absolute Gasteiger partial charge is 0.337 e. The van der Waals surface area contributed by atoms with E-state index in [0.29, 0.717) is 18.8 Å². The summed E-state index contributed by atoms with van der Waals surface area (Å²) >= 11 is 0. The number of likely N-dealkylation sites (N-methyl/N-ethyl adjacent to an activating group) is 1.